The predicted molar refractivity (Wildman–Crippen MR) is 261 cm³/mol. The number of ether oxygens (including phenoxy) is 2. The summed E-state index contributed by atoms with van der Waals surface area (Å²) in [6, 6.07) is -1.20. The normalized spacial score (nSPS) is 21.4. The van der Waals surface area contributed by atoms with Crippen LogP contribution in [0.25, 0.3) is 0 Å². The topological polar surface area (TPSA) is 189 Å². The van der Waals surface area contributed by atoms with E-state index in [0.29, 0.717) is 19.3 Å². The molecule has 0 bridgehead atoms. The van der Waals surface area contributed by atoms with Crippen LogP contribution in [0.3, 0.4) is 0 Å². The standard InChI is InChI=1S/C53H97NO10/c1-3-5-7-9-11-13-15-16-17-18-19-20-21-22-23-24-25-26-27-28-29-31-32-34-36-38-40-45(56)48(58)44(43-63-53-51(61)50(60)49(59)47(42-55)64-53)54-52(62)46(57)41-39-37-35-33-30-14-12-10-8-6-4-2/h12,14,23-24,27-28,32,34,44-51,53,55-61H,3-11,13,15-22,25-26,29-31,33,35-43H2,1-2H3,(H,54,62)/b14-12-,24-23+,28-27+,34-32+. The number of hydrogen-bond acceptors (Lipinski definition) is 10. The van der Waals surface area contributed by atoms with Gasteiger partial charge in [-0.2, -0.15) is 0 Å². The van der Waals surface area contributed by atoms with E-state index in [1.54, 1.807) is 0 Å². The lowest BCUT2D eigenvalue weighted by molar-refractivity contribution is -0.303. The zero-order valence-corrected chi connectivity index (χ0v) is 40.5. The average molecular weight is 908 g/mol. The molecule has 0 aliphatic carbocycles. The Labute approximate surface area is 389 Å². The Morgan fingerprint density at radius 2 is 0.938 bits per heavy atom. The number of carbonyl (C=O) groups excluding carboxylic acids is 1. The molecule has 8 N–H and O–H groups in total. The summed E-state index contributed by atoms with van der Waals surface area (Å²) in [5.74, 6) is -0.725. The third-order valence-corrected chi connectivity index (χ3v) is 12.3. The summed E-state index contributed by atoms with van der Waals surface area (Å²) in [5, 5.41) is 75.7. The maximum absolute atomic E-state index is 13.1. The molecule has 1 aliphatic heterocycles. The molecule has 0 aromatic heterocycles. The van der Waals surface area contributed by atoms with E-state index in [-0.39, 0.29) is 12.8 Å². The van der Waals surface area contributed by atoms with Crippen LogP contribution in [0.15, 0.2) is 48.6 Å². The van der Waals surface area contributed by atoms with Crippen LogP contribution in [-0.4, -0.2) is 110 Å². The summed E-state index contributed by atoms with van der Waals surface area (Å²) in [4.78, 5) is 13.1. The van der Waals surface area contributed by atoms with Crippen LogP contribution in [0, 0.1) is 0 Å². The van der Waals surface area contributed by atoms with Gasteiger partial charge in [0.1, 0.15) is 36.6 Å². The molecule has 0 spiro atoms. The molecule has 1 amide bonds. The molecule has 1 heterocycles. The highest BCUT2D eigenvalue weighted by Gasteiger charge is 2.44. The molecule has 0 aromatic rings. The van der Waals surface area contributed by atoms with Gasteiger partial charge in [-0.25, -0.2) is 0 Å². The summed E-state index contributed by atoms with van der Waals surface area (Å²) in [6.07, 6.45) is 40.4. The van der Waals surface area contributed by atoms with Crippen molar-refractivity contribution in [2.24, 2.45) is 0 Å². The lowest BCUT2D eigenvalue weighted by Gasteiger charge is -2.40. The van der Waals surface area contributed by atoms with Crippen molar-refractivity contribution in [2.45, 2.75) is 268 Å². The lowest BCUT2D eigenvalue weighted by atomic mass is 9.98. The second-order valence-electron chi connectivity index (χ2n) is 18.2. The first-order chi connectivity index (χ1) is 31.2. The number of hydrogen-bond donors (Lipinski definition) is 8. The van der Waals surface area contributed by atoms with Crippen LogP contribution >= 0.6 is 0 Å². The van der Waals surface area contributed by atoms with E-state index < -0.39 is 74.2 Å². The van der Waals surface area contributed by atoms with Gasteiger partial charge in [-0.1, -0.05) is 172 Å². The van der Waals surface area contributed by atoms with Gasteiger partial charge in [-0.3, -0.25) is 4.79 Å². The van der Waals surface area contributed by atoms with Gasteiger partial charge in [0.05, 0.1) is 25.4 Å². The molecule has 9 atom stereocenters. The largest absolute Gasteiger partial charge is 0.394 e. The first-order valence-electron chi connectivity index (χ1n) is 26.0. The Hall–Kier alpha value is -1.93. The zero-order valence-electron chi connectivity index (χ0n) is 40.5. The van der Waals surface area contributed by atoms with Gasteiger partial charge in [0.25, 0.3) is 0 Å². The molecule has 9 unspecified atom stereocenters. The van der Waals surface area contributed by atoms with Gasteiger partial charge >= 0.3 is 0 Å². The van der Waals surface area contributed by atoms with Crippen LogP contribution in [0.1, 0.15) is 213 Å². The van der Waals surface area contributed by atoms with E-state index in [1.807, 2.05) is 0 Å². The summed E-state index contributed by atoms with van der Waals surface area (Å²) < 4.78 is 11.1. The van der Waals surface area contributed by atoms with Gasteiger partial charge < -0.3 is 50.5 Å². The highest BCUT2D eigenvalue weighted by Crippen LogP contribution is 2.23. The summed E-state index contributed by atoms with van der Waals surface area (Å²) in [7, 11) is 0. The first kappa shape index (κ1) is 60.1. The van der Waals surface area contributed by atoms with Crippen LogP contribution in [-0.2, 0) is 14.3 Å². The predicted octanol–water partition coefficient (Wildman–Crippen LogP) is 9.73. The molecule has 11 nitrogen and oxygen atoms in total. The second kappa shape index (κ2) is 42.4. The Morgan fingerprint density at radius 3 is 1.42 bits per heavy atom. The van der Waals surface area contributed by atoms with Crippen molar-refractivity contribution in [1.29, 1.82) is 0 Å². The van der Waals surface area contributed by atoms with Gasteiger partial charge in [0.2, 0.25) is 5.91 Å². The molecule has 64 heavy (non-hydrogen) atoms. The van der Waals surface area contributed by atoms with E-state index in [1.165, 1.54) is 109 Å². The highest BCUT2D eigenvalue weighted by molar-refractivity contribution is 5.80. The SMILES string of the molecule is CCCCC/C=C\CCCCCCC(O)C(=O)NC(COC1OC(CO)C(O)C(O)C1O)C(O)C(O)CCC/C=C/CC/C=C/CC/C=C/CCCCCCCCCCCCCCC. The minimum Gasteiger partial charge on any atom is -0.394 e. The minimum atomic E-state index is -1.67. The number of carbonyl (C=O) groups is 1. The summed E-state index contributed by atoms with van der Waals surface area (Å²) in [6.45, 7) is 3.38. The van der Waals surface area contributed by atoms with Crippen molar-refractivity contribution < 1.29 is 50.0 Å². The van der Waals surface area contributed by atoms with Crippen molar-refractivity contribution in [3.8, 4) is 0 Å². The van der Waals surface area contributed by atoms with Crippen LogP contribution in [0.4, 0.5) is 0 Å². The van der Waals surface area contributed by atoms with Crippen molar-refractivity contribution in [2.75, 3.05) is 13.2 Å². The Morgan fingerprint density at radius 1 is 0.531 bits per heavy atom. The van der Waals surface area contributed by atoms with Crippen molar-refractivity contribution >= 4 is 5.91 Å². The molecular weight excluding hydrogens is 811 g/mol. The smallest absolute Gasteiger partial charge is 0.249 e. The van der Waals surface area contributed by atoms with Crippen molar-refractivity contribution in [3.63, 3.8) is 0 Å². The van der Waals surface area contributed by atoms with Crippen molar-refractivity contribution in [1.82, 2.24) is 5.32 Å². The van der Waals surface area contributed by atoms with E-state index in [4.69, 9.17) is 9.47 Å². The number of unbranched alkanes of at least 4 members (excludes halogenated alkanes) is 23. The molecule has 1 rings (SSSR count). The van der Waals surface area contributed by atoms with E-state index in [0.717, 1.165) is 57.8 Å². The Bertz CT molecular complexity index is 1180. The average Bonchev–Trinajstić information content (AvgIpc) is 3.29. The number of amides is 1. The monoisotopic (exact) mass is 908 g/mol. The fourth-order valence-corrected chi connectivity index (χ4v) is 8.00. The molecule has 1 aliphatic rings. The first-order valence-corrected chi connectivity index (χ1v) is 26.0. The fraction of sp³-hybridized carbons (Fsp3) is 0.830. The summed E-state index contributed by atoms with van der Waals surface area (Å²) in [5.41, 5.74) is 0. The number of rotatable bonds is 43. The molecule has 374 valence electrons. The van der Waals surface area contributed by atoms with Gasteiger partial charge in [-0.15, -0.1) is 0 Å². The Kier molecular flexibility index (Phi) is 39.8. The molecular formula is C53H97NO10. The van der Waals surface area contributed by atoms with Gasteiger partial charge in [0.15, 0.2) is 6.29 Å². The number of aliphatic hydroxyl groups excluding tert-OH is 7. The zero-order chi connectivity index (χ0) is 46.9. The van der Waals surface area contributed by atoms with E-state index in [9.17, 15) is 40.5 Å². The molecule has 1 fully saturated rings. The van der Waals surface area contributed by atoms with Crippen LogP contribution in [0.2, 0.25) is 0 Å². The van der Waals surface area contributed by atoms with Crippen LogP contribution < -0.4 is 5.32 Å². The number of aliphatic hydroxyl groups is 7. The third-order valence-electron chi connectivity index (χ3n) is 12.3. The fourth-order valence-electron chi connectivity index (χ4n) is 8.00. The maximum atomic E-state index is 13.1. The maximum Gasteiger partial charge on any atom is 0.249 e. The summed E-state index contributed by atoms with van der Waals surface area (Å²) >= 11 is 0. The number of nitrogens with one attached hydrogen (secondary N) is 1. The van der Waals surface area contributed by atoms with Gasteiger partial charge in [-0.05, 0) is 89.9 Å². The molecule has 11 heteroatoms. The lowest BCUT2D eigenvalue weighted by Crippen LogP contribution is -2.60. The molecule has 0 aromatic carbocycles. The van der Waals surface area contributed by atoms with E-state index >= 15 is 0 Å². The molecule has 0 radical (unpaired) electrons. The quantitative estimate of drug-likeness (QED) is 0.0216. The van der Waals surface area contributed by atoms with Crippen molar-refractivity contribution in [3.05, 3.63) is 48.6 Å². The second-order valence-corrected chi connectivity index (χ2v) is 18.2. The Balaban J connectivity index is 2.37. The molecule has 0 saturated carbocycles. The highest BCUT2D eigenvalue weighted by atomic mass is 16.7. The minimum absolute atomic E-state index is 0.233. The van der Waals surface area contributed by atoms with Gasteiger partial charge in [0, 0.05) is 0 Å². The van der Waals surface area contributed by atoms with E-state index in [2.05, 4.69) is 67.8 Å². The third kappa shape index (κ3) is 31.1. The van der Waals surface area contributed by atoms with Crippen LogP contribution in [0.5, 0.6) is 0 Å². The molecule has 1 saturated heterocycles. The number of allylic oxidation sites excluding steroid dienone is 8.